The van der Waals surface area contributed by atoms with Crippen molar-refractivity contribution >= 4 is 16.8 Å². The van der Waals surface area contributed by atoms with Gasteiger partial charge in [0.25, 0.3) is 0 Å². The Balaban J connectivity index is 2.43. The van der Waals surface area contributed by atoms with E-state index in [4.69, 9.17) is 0 Å². The van der Waals surface area contributed by atoms with Gasteiger partial charge < -0.3 is 9.67 Å². The fourth-order valence-corrected chi connectivity index (χ4v) is 1.70. The summed E-state index contributed by atoms with van der Waals surface area (Å²) in [5.74, 6) is -0.171. The summed E-state index contributed by atoms with van der Waals surface area (Å²) in [6.07, 6.45) is 1.01. The molecule has 1 unspecified atom stereocenters. The molecule has 4 nitrogen and oxygen atoms in total. The summed E-state index contributed by atoms with van der Waals surface area (Å²) in [5, 5.41) is 9.77. The van der Waals surface area contributed by atoms with Crippen LogP contribution in [0, 0.1) is 0 Å². The van der Waals surface area contributed by atoms with Crippen molar-refractivity contribution in [3.63, 3.8) is 0 Å². The molecule has 0 aliphatic heterocycles. The lowest BCUT2D eigenvalue weighted by atomic mass is 10.0. The molecule has 2 rings (SSSR count). The molecule has 4 heteroatoms. The van der Waals surface area contributed by atoms with Crippen LogP contribution in [-0.2, 0) is 11.8 Å². The number of aliphatic hydroxyl groups excluding tert-OH is 1. The molecule has 0 bridgehead atoms. The van der Waals surface area contributed by atoms with Crippen LogP contribution < -0.4 is 0 Å². The maximum Gasteiger partial charge on any atom is 0.165 e. The van der Waals surface area contributed by atoms with E-state index in [1.807, 2.05) is 17.7 Å². The van der Waals surface area contributed by atoms with Crippen molar-refractivity contribution in [3.8, 4) is 0 Å². The number of aliphatic hydroxyl groups is 1. The summed E-state index contributed by atoms with van der Waals surface area (Å²) in [6, 6.07) is 5.39. The fraction of sp³-hybridized carbons (Fsp3) is 0.333. The maximum atomic E-state index is 11.4. The van der Waals surface area contributed by atoms with Crippen LogP contribution in [-0.4, -0.2) is 20.4 Å². The number of hydrogen-bond acceptors (Lipinski definition) is 3. The Morgan fingerprint density at radius 1 is 1.56 bits per heavy atom. The lowest BCUT2D eigenvalue weighted by Crippen LogP contribution is -2.10. The van der Waals surface area contributed by atoms with Crippen LogP contribution in [0.5, 0.6) is 0 Å². The van der Waals surface area contributed by atoms with Crippen LogP contribution in [0.3, 0.4) is 0 Å². The summed E-state index contributed by atoms with van der Waals surface area (Å²) < 4.78 is 1.90. The average Bonchev–Trinajstić information content (AvgIpc) is 2.68. The van der Waals surface area contributed by atoms with Gasteiger partial charge in [0.2, 0.25) is 0 Å². The molecule has 1 aromatic carbocycles. The first-order valence-electron chi connectivity index (χ1n) is 5.25. The monoisotopic (exact) mass is 218 g/mol. The van der Waals surface area contributed by atoms with E-state index in [0.29, 0.717) is 12.0 Å². The molecule has 0 radical (unpaired) electrons. The molecule has 0 saturated heterocycles. The van der Waals surface area contributed by atoms with Crippen molar-refractivity contribution in [2.45, 2.75) is 19.4 Å². The first-order chi connectivity index (χ1) is 7.63. The highest BCUT2D eigenvalue weighted by Crippen LogP contribution is 2.20. The second-order valence-corrected chi connectivity index (χ2v) is 3.83. The Bertz CT molecular complexity index is 531. The standard InChI is InChI=1S/C12H14N2O2/c1-3-11(15)12(16)8-4-5-10-9(6-8)13-7-14(10)2/h4-7,12,16H,3H2,1-2H3. The molecule has 0 amide bonds. The minimum atomic E-state index is -1.03. The molecule has 16 heavy (non-hydrogen) atoms. The molecule has 0 spiro atoms. The van der Waals surface area contributed by atoms with Gasteiger partial charge in [0, 0.05) is 13.5 Å². The topological polar surface area (TPSA) is 55.1 Å². The van der Waals surface area contributed by atoms with Gasteiger partial charge >= 0.3 is 0 Å². The Kier molecular flexibility index (Phi) is 2.75. The summed E-state index contributed by atoms with van der Waals surface area (Å²) in [4.78, 5) is 15.6. The van der Waals surface area contributed by atoms with Crippen molar-refractivity contribution in [2.75, 3.05) is 0 Å². The molecule has 0 fully saturated rings. The summed E-state index contributed by atoms with van der Waals surface area (Å²) in [7, 11) is 1.91. The predicted octanol–water partition coefficient (Wildman–Crippen LogP) is 1.59. The highest BCUT2D eigenvalue weighted by atomic mass is 16.3. The van der Waals surface area contributed by atoms with E-state index < -0.39 is 6.10 Å². The minimum Gasteiger partial charge on any atom is -0.381 e. The van der Waals surface area contributed by atoms with Crippen molar-refractivity contribution in [1.82, 2.24) is 9.55 Å². The van der Waals surface area contributed by atoms with Gasteiger partial charge in [0.05, 0.1) is 17.4 Å². The van der Waals surface area contributed by atoms with Crippen molar-refractivity contribution < 1.29 is 9.90 Å². The number of carbonyl (C=O) groups is 1. The second-order valence-electron chi connectivity index (χ2n) is 3.83. The number of aromatic nitrogens is 2. The number of imidazole rings is 1. The molecular formula is C12H14N2O2. The number of nitrogens with zero attached hydrogens (tertiary/aromatic N) is 2. The van der Waals surface area contributed by atoms with Gasteiger partial charge in [-0.2, -0.15) is 0 Å². The third kappa shape index (κ3) is 1.72. The van der Waals surface area contributed by atoms with Gasteiger partial charge in [-0.15, -0.1) is 0 Å². The van der Waals surface area contributed by atoms with Crippen LogP contribution in [0.25, 0.3) is 11.0 Å². The smallest absolute Gasteiger partial charge is 0.165 e. The van der Waals surface area contributed by atoms with Gasteiger partial charge in [-0.05, 0) is 17.7 Å². The number of carbonyl (C=O) groups excluding carboxylic acids is 1. The molecule has 1 heterocycles. The number of fused-ring (bicyclic) bond motifs is 1. The third-order valence-electron chi connectivity index (χ3n) is 2.72. The van der Waals surface area contributed by atoms with Crippen molar-refractivity contribution in [2.24, 2.45) is 7.05 Å². The Labute approximate surface area is 93.5 Å². The lowest BCUT2D eigenvalue weighted by Gasteiger charge is -2.08. The van der Waals surface area contributed by atoms with Crippen molar-refractivity contribution in [1.29, 1.82) is 0 Å². The molecule has 1 N–H and O–H groups in total. The van der Waals surface area contributed by atoms with Gasteiger partial charge in [-0.3, -0.25) is 4.79 Å². The Morgan fingerprint density at radius 2 is 2.31 bits per heavy atom. The van der Waals surface area contributed by atoms with E-state index in [1.165, 1.54) is 0 Å². The molecular weight excluding hydrogens is 204 g/mol. The zero-order valence-electron chi connectivity index (χ0n) is 9.34. The number of hydrogen-bond donors (Lipinski definition) is 1. The Hall–Kier alpha value is -1.68. The molecule has 0 saturated carbocycles. The summed E-state index contributed by atoms with van der Waals surface area (Å²) in [5.41, 5.74) is 2.39. The predicted molar refractivity (Wildman–Crippen MR) is 61.0 cm³/mol. The normalized spacial score (nSPS) is 12.9. The lowest BCUT2D eigenvalue weighted by molar-refractivity contribution is -0.127. The van der Waals surface area contributed by atoms with E-state index in [9.17, 15) is 9.90 Å². The molecule has 2 aromatic rings. The van der Waals surface area contributed by atoms with E-state index in [-0.39, 0.29) is 5.78 Å². The van der Waals surface area contributed by atoms with E-state index in [0.717, 1.165) is 11.0 Å². The first-order valence-corrected chi connectivity index (χ1v) is 5.25. The van der Waals surface area contributed by atoms with E-state index in [2.05, 4.69) is 4.98 Å². The van der Waals surface area contributed by atoms with Crippen LogP contribution in [0.15, 0.2) is 24.5 Å². The first kappa shape index (κ1) is 10.8. The largest absolute Gasteiger partial charge is 0.381 e. The minimum absolute atomic E-state index is 0.171. The van der Waals surface area contributed by atoms with Gasteiger partial charge in [0.1, 0.15) is 6.10 Å². The summed E-state index contributed by atoms with van der Waals surface area (Å²) >= 11 is 0. The molecule has 1 atom stereocenters. The fourth-order valence-electron chi connectivity index (χ4n) is 1.70. The average molecular weight is 218 g/mol. The van der Waals surface area contributed by atoms with E-state index in [1.54, 1.807) is 25.4 Å². The number of Topliss-reactive ketones (excluding diaryl/α,β-unsaturated/α-hetero) is 1. The zero-order valence-corrected chi connectivity index (χ0v) is 9.34. The quantitative estimate of drug-likeness (QED) is 0.851. The van der Waals surface area contributed by atoms with Crippen LogP contribution in [0.2, 0.25) is 0 Å². The van der Waals surface area contributed by atoms with Crippen LogP contribution >= 0.6 is 0 Å². The second kappa shape index (κ2) is 4.06. The highest BCUT2D eigenvalue weighted by Gasteiger charge is 2.16. The maximum absolute atomic E-state index is 11.4. The molecule has 0 aliphatic carbocycles. The van der Waals surface area contributed by atoms with Crippen molar-refractivity contribution in [3.05, 3.63) is 30.1 Å². The number of aryl methyl sites for hydroxylation is 1. The molecule has 1 aromatic heterocycles. The van der Waals surface area contributed by atoms with Crippen LogP contribution in [0.4, 0.5) is 0 Å². The zero-order chi connectivity index (χ0) is 11.7. The Morgan fingerprint density at radius 3 is 3.00 bits per heavy atom. The van der Waals surface area contributed by atoms with E-state index >= 15 is 0 Å². The summed E-state index contributed by atoms with van der Waals surface area (Å²) in [6.45, 7) is 1.74. The SMILES string of the molecule is CCC(=O)C(O)c1ccc2c(c1)ncn2C. The van der Waals surface area contributed by atoms with Gasteiger partial charge in [-0.1, -0.05) is 13.0 Å². The molecule has 84 valence electrons. The number of rotatable bonds is 3. The molecule has 0 aliphatic rings. The number of ketones is 1. The van der Waals surface area contributed by atoms with Gasteiger partial charge in [-0.25, -0.2) is 4.98 Å². The van der Waals surface area contributed by atoms with Gasteiger partial charge in [0.15, 0.2) is 5.78 Å². The number of benzene rings is 1. The third-order valence-corrected chi connectivity index (χ3v) is 2.72. The van der Waals surface area contributed by atoms with Crippen LogP contribution in [0.1, 0.15) is 25.0 Å². The highest BCUT2D eigenvalue weighted by molar-refractivity contribution is 5.85.